The van der Waals surface area contributed by atoms with Crippen molar-refractivity contribution in [3.05, 3.63) is 42.0 Å². The van der Waals surface area contributed by atoms with Crippen LogP contribution in [0.4, 0.5) is 0 Å². The van der Waals surface area contributed by atoms with Gasteiger partial charge < -0.3 is 24.7 Å². The molecule has 2 aromatic carbocycles. The minimum absolute atomic E-state index is 0.375. The van der Waals surface area contributed by atoms with E-state index in [9.17, 15) is 0 Å². The van der Waals surface area contributed by atoms with Crippen molar-refractivity contribution in [3.63, 3.8) is 0 Å². The van der Waals surface area contributed by atoms with E-state index in [0.29, 0.717) is 35.3 Å². The molecule has 0 radical (unpaired) electrons. The molecule has 0 heterocycles. The van der Waals surface area contributed by atoms with Gasteiger partial charge in [-0.2, -0.15) is 0 Å². The summed E-state index contributed by atoms with van der Waals surface area (Å²) in [6, 6.07) is 10.9. The first kappa shape index (κ1) is 15.0. The molecule has 0 aliphatic carbocycles. The van der Waals surface area contributed by atoms with Crippen LogP contribution in [0.5, 0.6) is 28.7 Å². The quantitative estimate of drug-likeness (QED) is 0.885. The molecule has 0 aliphatic heterocycles. The molecule has 0 unspecified atom stereocenters. The summed E-state index contributed by atoms with van der Waals surface area (Å²) in [4.78, 5) is 0. The predicted octanol–water partition coefficient (Wildman–Crippen LogP) is 2.96. The molecule has 2 N–H and O–H groups in total. The molecular weight excluding hydrogens is 270 g/mol. The van der Waals surface area contributed by atoms with E-state index in [0.717, 1.165) is 5.56 Å². The zero-order valence-corrected chi connectivity index (χ0v) is 12.4. The first-order chi connectivity index (χ1) is 10.2. The van der Waals surface area contributed by atoms with Crippen molar-refractivity contribution in [2.45, 2.75) is 6.54 Å². The minimum atomic E-state index is 0.375. The highest BCUT2D eigenvalue weighted by atomic mass is 16.5. The molecule has 5 heteroatoms. The van der Waals surface area contributed by atoms with Crippen LogP contribution in [-0.4, -0.2) is 21.3 Å². The molecule has 0 amide bonds. The number of nitrogens with two attached hydrogens (primary N) is 1. The largest absolute Gasteiger partial charge is 0.497 e. The van der Waals surface area contributed by atoms with Crippen LogP contribution in [0.25, 0.3) is 0 Å². The average Bonchev–Trinajstić information content (AvgIpc) is 2.54. The highest BCUT2D eigenvalue weighted by Crippen LogP contribution is 2.33. The van der Waals surface area contributed by atoms with E-state index in [1.807, 2.05) is 12.1 Å². The van der Waals surface area contributed by atoms with Crippen LogP contribution in [0.3, 0.4) is 0 Å². The Kier molecular flexibility index (Phi) is 4.90. The third kappa shape index (κ3) is 3.58. The lowest BCUT2D eigenvalue weighted by atomic mass is 10.2. The number of rotatable bonds is 6. The summed E-state index contributed by atoms with van der Waals surface area (Å²) < 4.78 is 21.6. The molecular formula is C16H19NO4. The third-order valence-electron chi connectivity index (χ3n) is 3.05. The Labute approximate surface area is 124 Å². The van der Waals surface area contributed by atoms with E-state index in [1.54, 1.807) is 45.6 Å². The van der Waals surface area contributed by atoms with Gasteiger partial charge in [-0.05, 0) is 6.07 Å². The summed E-state index contributed by atoms with van der Waals surface area (Å²) in [5.41, 5.74) is 6.62. The van der Waals surface area contributed by atoms with Gasteiger partial charge in [-0.1, -0.05) is 6.07 Å². The fraction of sp³-hybridized carbons (Fsp3) is 0.250. The van der Waals surface area contributed by atoms with Crippen molar-refractivity contribution in [1.29, 1.82) is 0 Å². The Bertz CT molecular complexity index is 591. The Morgan fingerprint density at radius 3 is 1.86 bits per heavy atom. The highest BCUT2D eigenvalue weighted by Gasteiger charge is 2.09. The van der Waals surface area contributed by atoms with Crippen molar-refractivity contribution in [1.82, 2.24) is 0 Å². The average molecular weight is 289 g/mol. The number of hydrogen-bond acceptors (Lipinski definition) is 5. The summed E-state index contributed by atoms with van der Waals surface area (Å²) in [6.45, 7) is 0.375. The molecule has 2 rings (SSSR count). The van der Waals surface area contributed by atoms with Crippen LogP contribution >= 0.6 is 0 Å². The second kappa shape index (κ2) is 6.85. The second-order valence-electron chi connectivity index (χ2n) is 4.33. The Balaban J connectivity index is 2.36. The number of benzene rings is 2. The first-order valence-electron chi connectivity index (χ1n) is 6.48. The summed E-state index contributed by atoms with van der Waals surface area (Å²) >= 11 is 0. The van der Waals surface area contributed by atoms with Gasteiger partial charge in [0.05, 0.1) is 21.3 Å². The highest BCUT2D eigenvalue weighted by molar-refractivity contribution is 5.47. The van der Waals surface area contributed by atoms with E-state index in [2.05, 4.69) is 0 Å². The maximum atomic E-state index is 5.91. The van der Waals surface area contributed by atoms with E-state index < -0.39 is 0 Å². The SMILES string of the molecule is COc1cc(OC)cc(Oc2cc(OC)ccc2CN)c1. The molecule has 0 bridgehead atoms. The molecule has 0 atom stereocenters. The summed E-state index contributed by atoms with van der Waals surface area (Å²) in [5.74, 6) is 3.27. The van der Waals surface area contributed by atoms with Crippen molar-refractivity contribution < 1.29 is 18.9 Å². The maximum Gasteiger partial charge on any atom is 0.135 e. The Morgan fingerprint density at radius 2 is 1.33 bits per heavy atom. The summed E-state index contributed by atoms with van der Waals surface area (Å²) in [7, 11) is 4.79. The van der Waals surface area contributed by atoms with E-state index in [-0.39, 0.29) is 0 Å². The van der Waals surface area contributed by atoms with Crippen LogP contribution in [0.2, 0.25) is 0 Å². The van der Waals surface area contributed by atoms with Crippen LogP contribution in [-0.2, 0) is 6.54 Å². The number of methoxy groups -OCH3 is 3. The molecule has 0 saturated heterocycles. The van der Waals surface area contributed by atoms with Gasteiger partial charge in [0, 0.05) is 36.4 Å². The van der Waals surface area contributed by atoms with Crippen molar-refractivity contribution >= 4 is 0 Å². The standard InChI is InChI=1S/C16H19NO4/c1-18-12-5-4-11(10-17)16(9-12)21-15-7-13(19-2)6-14(8-15)20-3/h4-9H,10,17H2,1-3H3. The normalized spacial score (nSPS) is 10.1. The molecule has 0 saturated carbocycles. The van der Waals surface area contributed by atoms with E-state index in [1.165, 1.54) is 0 Å². The maximum absolute atomic E-state index is 5.91. The lowest BCUT2D eigenvalue weighted by Gasteiger charge is -2.13. The third-order valence-corrected chi connectivity index (χ3v) is 3.05. The predicted molar refractivity (Wildman–Crippen MR) is 80.5 cm³/mol. The van der Waals surface area contributed by atoms with Crippen LogP contribution in [0.1, 0.15) is 5.56 Å². The minimum Gasteiger partial charge on any atom is -0.497 e. The number of hydrogen-bond donors (Lipinski definition) is 1. The fourth-order valence-electron chi connectivity index (χ4n) is 1.89. The van der Waals surface area contributed by atoms with Gasteiger partial charge in [0.1, 0.15) is 28.7 Å². The molecule has 0 aliphatic rings. The van der Waals surface area contributed by atoms with E-state index in [4.69, 9.17) is 24.7 Å². The van der Waals surface area contributed by atoms with Crippen LogP contribution < -0.4 is 24.7 Å². The first-order valence-corrected chi connectivity index (χ1v) is 6.48. The van der Waals surface area contributed by atoms with Gasteiger partial charge in [0.15, 0.2) is 0 Å². The van der Waals surface area contributed by atoms with Crippen LogP contribution in [0, 0.1) is 0 Å². The van der Waals surface area contributed by atoms with Gasteiger partial charge in [-0.3, -0.25) is 0 Å². The van der Waals surface area contributed by atoms with Gasteiger partial charge in [-0.25, -0.2) is 0 Å². The van der Waals surface area contributed by atoms with Crippen molar-refractivity contribution in [2.24, 2.45) is 5.73 Å². The van der Waals surface area contributed by atoms with Gasteiger partial charge in [0.25, 0.3) is 0 Å². The smallest absolute Gasteiger partial charge is 0.135 e. The molecule has 2 aromatic rings. The van der Waals surface area contributed by atoms with Crippen molar-refractivity contribution in [3.8, 4) is 28.7 Å². The molecule has 21 heavy (non-hydrogen) atoms. The lowest BCUT2D eigenvalue weighted by Crippen LogP contribution is -2.00. The lowest BCUT2D eigenvalue weighted by molar-refractivity contribution is 0.385. The molecule has 112 valence electrons. The molecule has 0 fully saturated rings. The molecule has 5 nitrogen and oxygen atoms in total. The molecule has 0 aromatic heterocycles. The zero-order chi connectivity index (χ0) is 15.2. The Hall–Kier alpha value is -2.40. The van der Waals surface area contributed by atoms with Crippen LogP contribution in [0.15, 0.2) is 36.4 Å². The summed E-state index contributed by atoms with van der Waals surface area (Å²) in [5, 5.41) is 0. The fourth-order valence-corrected chi connectivity index (χ4v) is 1.89. The van der Waals surface area contributed by atoms with Gasteiger partial charge >= 0.3 is 0 Å². The van der Waals surface area contributed by atoms with Gasteiger partial charge in [-0.15, -0.1) is 0 Å². The topological polar surface area (TPSA) is 62.9 Å². The van der Waals surface area contributed by atoms with Crippen molar-refractivity contribution in [2.75, 3.05) is 21.3 Å². The second-order valence-corrected chi connectivity index (χ2v) is 4.33. The van der Waals surface area contributed by atoms with Gasteiger partial charge in [0.2, 0.25) is 0 Å². The number of ether oxygens (including phenoxy) is 4. The monoisotopic (exact) mass is 289 g/mol. The van der Waals surface area contributed by atoms with E-state index >= 15 is 0 Å². The summed E-state index contributed by atoms with van der Waals surface area (Å²) in [6.07, 6.45) is 0. The Morgan fingerprint density at radius 1 is 0.762 bits per heavy atom. The zero-order valence-electron chi connectivity index (χ0n) is 12.4. The molecule has 0 spiro atoms.